The van der Waals surface area contributed by atoms with Crippen molar-refractivity contribution in [1.29, 1.82) is 0 Å². The maximum Gasteiger partial charge on any atom is 0.343 e. The third-order valence-corrected chi connectivity index (χ3v) is 5.44. The third kappa shape index (κ3) is 3.71. The number of rotatable bonds is 3. The normalized spacial score (nSPS) is 13.3. The van der Waals surface area contributed by atoms with Gasteiger partial charge in [-0.05, 0) is 53.4 Å². The van der Waals surface area contributed by atoms with Crippen molar-refractivity contribution < 1.29 is 14.3 Å². The Morgan fingerprint density at radius 1 is 1.31 bits per heavy atom. The molecule has 3 rings (SSSR count). The average molecular weight is 434 g/mol. The molecule has 0 bridgehead atoms. The zero-order valence-corrected chi connectivity index (χ0v) is 16.5. The number of halogens is 1. The molecule has 2 aromatic rings. The lowest BCUT2D eigenvalue weighted by Gasteiger charge is -2.13. The van der Waals surface area contributed by atoms with Crippen LogP contribution in [0.25, 0.3) is 0 Å². The number of allylic oxidation sites excluding steroid dienone is 1. The molecule has 2 heterocycles. The number of amides is 1. The number of hydrogen-bond donors (Lipinski definition) is 2. The van der Waals surface area contributed by atoms with Crippen molar-refractivity contribution in [2.24, 2.45) is 4.99 Å². The van der Waals surface area contributed by atoms with Crippen molar-refractivity contribution in [3.8, 4) is 0 Å². The van der Waals surface area contributed by atoms with Gasteiger partial charge in [0, 0.05) is 10.2 Å². The predicted octanol–water partition coefficient (Wildman–Crippen LogP) is 4.23. The molecule has 26 heavy (non-hydrogen) atoms. The molecule has 1 aliphatic rings. The van der Waals surface area contributed by atoms with Gasteiger partial charge in [0.2, 0.25) is 0 Å². The van der Waals surface area contributed by atoms with Gasteiger partial charge >= 0.3 is 5.97 Å². The summed E-state index contributed by atoms with van der Waals surface area (Å²) in [4.78, 5) is 30.1. The van der Waals surface area contributed by atoms with Gasteiger partial charge in [-0.3, -0.25) is 4.79 Å². The second-order valence-corrected chi connectivity index (χ2v) is 7.15. The first kappa shape index (κ1) is 18.3. The van der Waals surface area contributed by atoms with Crippen molar-refractivity contribution in [2.75, 3.05) is 11.9 Å². The quantitative estimate of drug-likeness (QED) is 0.709. The minimum Gasteiger partial charge on any atom is -0.462 e. The van der Waals surface area contributed by atoms with Gasteiger partial charge in [0.1, 0.15) is 16.3 Å². The van der Waals surface area contributed by atoms with E-state index in [0.29, 0.717) is 20.7 Å². The summed E-state index contributed by atoms with van der Waals surface area (Å²) in [7, 11) is 0. The first-order valence-corrected chi connectivity index (χ1v) is 9.56. The molecule has 2 N–H and O–H groups in total. The van der Waals surface area contributed by atoms with Crippen LogP contribution in [-0.4, -0.2) is 24.3 Å². The number of benzene rings is 1. The molecule has 134 valence electrons. The van der Waals surface area contributed by atoms with Gasteiger partial charge in [-0.2, -0.15) is 0 Å². The molecule has 1 aliphatic heterocycles. The van der Waals surface area contributed by atoms with Crippen LogP contribution >= 0.6 is 27.3 Å². The van der Waals surface area contributed by atoms with Gasteiger partial charge in [-0.1, -0.05) is 12.1 Å². The predicted molar refractivity (Wildman–Crippen MR) is 106 cm³/mol. The number of anilines is 1. The lowest BCUT2D eigenvalue weighted by molar-refractivity contribution is -0.137. The highest BCUT2D eigenvalue weighted by molar-refractivity contribution is 9.10. The van der Waals surface area contributed by atoms with Gasteiger partial charge in [-0.15, -0.1) is 11.3 Å². The fourth-order valence-corrected chi connectivity index (χ4v) is 3.91. The van der Waals surface area contributed by atoms with Gasteiger partial charge in [0.05, 0.1) is 18.0 Å². The molecule has 6 nitrogen and oxygen atoms in total. The smallest absolute Gasteiger partial charge is 0.343 e. The lowest BCUT2D eigenvalue weighted by Crippen LogP contribution is -2.35. The third-order valence-electron chi connectivity index (χ3n) is 3.61. The van der Waals surface area contributed by atoms with E-state index in [4.69, 9.17) is 4.74 Å². The lowest BCUT2D eigenvalue weighted by atomic mass is 10.2. The summed E-state index contributed by atoms with van der Waals surface area (Å²) in [6, 6.07) is 9.15. The van der Waals surface area contributed by atoms with Crippen LogP contribution in [0.1, 0.15) is 23.5 Å². The number of fused-ring (bicyclic) bond motifs is 1. The SMILES string of the molecule is CCOC(=O)C1=C(C)Nc2ccccc2N=C1NC(=O)c1sccc1Br. The number of para-hydroxylation sites is 2. The molecule has 1 amide bonds. The molecular formula is C18H16BrN3O3S. The largest absolute Gasteiger partial charge is 0.462 e. The summed E-state index contributed by atoms with van der Waals surface area (Å²) in [5.41, 5.74) is 2.11. The number of aliphatic imine (C=N–C) groups is 1. The second-order valence-electron chi connectivity index (χ2n) is 5.37. The van der Waals surface area contributed by atoms with Crippen molar-refractivity contribution in [2.45, 2.75) is 13.8 Å². The van der Waals surface area contributed by atoms with Gasteiger partial charge in [0.15, 0.2) is 0 Å². The van der Waals surface area contributed by atoms with Crippen LogP contribution in [-0.2, 0) is 9.53 Å². The topological polar surface area (TPSA) is 79.8 Å². The van der Waals surface area contributed by atoms with Crippen molar-refractivity contribution in [3.05, 3.63) is 56.3 Å². The van der Waals surface area contributed by atoms with E-state index < -0.39 is 5.97 Å². The van der Waals surface area contributed by atoms with Crippen LogP contribution in [0, 0.1) is 0 Å². The molecule has 0 atom stereocenters. The minimum atomic E-state index is -0.547. The van der Waals surface area contributed by atoms with E-state index in [1.165, 1.54) is 11.3 Å². The molecule has 0 saturated heterocycles. The molecule has 0 fully saturated rings. The van der Waals surface area contributed by atoms with E-state index in [2.05, 4.69) is 31.6 Å². The van der Waals surface area contributed by atoms with E-state index in [-0.39, 0.29) is 23.9 Å². The summed E-state index contributed by atoms with van der Waals surface area (Å²) in [6.45, 7) is 3.70. The van der Waals surface area contributed by atoms with Crippen molar-refractivity contribution >= 4 is 56.4 Å². The highest BCUT2D eigenvalue weighted by Gasteiger charge is 2.26. The number of nitrogens with zero attached hydrogens (tertiary/aromatic N) is 1. The number of carbonyl (C=O) groups is 2. The fraction of sp³-hybridized carbons (Fsp3) is 0.167. The summed E-state index contributed by atoms with van der Waals surface area (Å²) in [6.07, 6.45) is 0. The molecule has 1 aromatic carbocycles. The van der Waals surface area contributed by atoms with Gasteiger partial charge in [-0.25, -0.2) is 9.79 Å². The average Bonchev–Trinajstić information content (AvgIpc) is 2.97. The van der Waals surface area contributed by atoms with E-state index in [9.17, 15) is 9.59 Å². The number of carbonyl (C=O) groups excluding carboxylic acids is 2. The molecule has 0 aliphatic carbocycles. The van der Waals surface area contributed by atoms with Gasteiger partial charge in [0.25, 0.3) is 5.91 Å². The maximum atomic E-state index is 12.6. The summed E-state index contributed by atoms with van der Waals surface area (Å²) >= 11 is 4.64. The Labute approximate surface area is 163 Å². The molecule has 0 radical (unpaired) electrons. The van der Waals surface area contributed by atoms with E-state index in [0.717, 1.165) is 5.69 Å². The summed E-state index contributed by atoms with van der Waals surface area (Å²) in [5.74, 6) is -0.738. The molecule has 0 unspecified atom stereocenters. The number of ether oxygens (including phenoxy) is 1. The van der Waals surface area contributed by atoms with Crippen LogP contribution in [0.2, 0.25) is 0 Å². The zero-order valence-electron chi connectivity index (χ0n) is 14.1. The number of thiophene rings is 1. The maximum absolute atomic E-state index is 12.6. The monoisotopic (exact) mass is 433 g/mol. The summed E-state index contributed by atoms with van der Waals surface area (Å²) in [5, 5.41) is 7.73. The Bertz CT molecular complexity index is 933. The van der Waals surface area contributed by atoms with E-state index in [1.54, 1.807) is 31.4 Å². The Kier molecular flexibility index (Phi) is 5.53. The van der Waals surface area contributed by atoms with Crippen molar-refractivity contribution in [3.63, 3.8) is 0 Å². The number of esters is 1. The number of nitrogens with one attached hydrogen (secondary N) is 2. The first-order chi connectivity index (χ1) is 12.5. The van der Waals surface area contributed by atoms with Crippen LogP contribution < -0.4 is 10.6 Å². The number of amidine groups is 1. The second kappa shape index (κ2) is 7.84. The summed E-state index contributed by atoms with van der Waals surface area (Å²) < 4.78 is 5.84. The Hall–Kier alpha value is -2.45. The van der Waals surface area contributed by atoms with Crippen LogP contribution in [0.15, 0.2) is 56.4 Å². The zero-order chi connectivity index (χ0) is 18.7. The molecule has 8 heteroatoms. The van der Waals surface area contributed by atoms with Crippen LogP contribution in [0.3, 0.4) is 0 Å². The molecule has 0 spiro atoms. The molecule has 0 saturated carbocycles. The first-order valence-electron chi connectivity index (χ1n) is 7.88. The highest BCUT2D eigenvalue weighted by Crippen LogP contribution is 2.30. The number of hydrogen-bond acceptors (Lipinski definition) is 6. The Morgan fingerprint density at radius 2 is 2.08 bits per heavy atom. The van der Waals surface area contributed by atoms with Gasteiger partial charge < -0.3 is 15.4 Å². The highest BCUT2D eigenvalue weighted by atomic mass is 79.9. The fourth-order valence-electron chi connectivity index (χ4n) is 2.46. The Balaban J connectivity index is 2.05. The van der Waals surface area contributed by atoms with E-state index in [1.807, 2.05) is 18.2 Å². The molecular weight excluding hydrogens is 418 g/mol. The van der Waals surface area contributed by atoms with Crippen LogP contribution in [0.5, 0.6) is 0 Å². The van der Waals surface area contributed by atoms with Crippen LogP contribution in [0.4, 0.5) is 11.4 Å². The van der Waals surface area contributed by atoms with E-state index >= 15 is 0 Å². The Morgan fingerprint density at radius 3 is 2.77 bits per heavy atom. The standard InChI is InChI=1S/C18H16BrN3O3S/c1-3-25-18(24)14-10(2)20-12-6-4-5-7-13(12)21-16(14)22-17(23)15-11(19)8-9-26-15/h4-9,20H,3H2,1-2H3,(H,21,22,23). The van der Waals surface area contributed by atoms with Crippen molar-refractivity contribution in [1.82, 2.24) is 5.32 Å². The molecule has 1 aromatic heterocycles. The minimum absolute atomic E-state index is 0.156.